The number of anilines is 2. The Hall–Kier alpha value is -1.26. The first-order valence-electron chi connectivity index (χ1n) is 9.08. The van der Waals surface area contributed by atoms with Gasteiger partial charge in [-0.25, -0.2) is 0 Å². The van der Waals surface area contributed by atoms with Crippen molar-refractivity contribution in [1.82, 2.24) is 4.90 Å². The third-order valence-electron chi connectivity index (χ3n) is 6.02. The fourth-order valence-electron chi connectivity index (χ4n) is 4.21. The van der Waals surface area contributed by atoms with E-state index in [1.807, 2.05) is 18.2 Å². The molecule has 2 fully saturated rings. The van der Waals surface area contributed by atoms with Gasteiger partial charge in [0.15, 0.2) is 0 Å². The van der Waals surface area contributed by atoms with Crippen molar-refractivity contribution >= 4 is 11.4 Å². The van der Waals surface area contributed by atoms with Gasteiger partial charge in [0.05, 0.1) is 11.4 Å². The largest absolute Gasteiger partial charge is 0.397 e. The topological polar surface area (TPSA) is 61.5 Å². The minimum Gasteiger partial charge on any atom is -0.397 e. The SMILES string of the molecule is CC1(N2CCC(Nc3ccccc3N)CC2)CCC(CO)CC1. The quantitative estimate of drug-likeness (QED) is 0.747. The van der Waals surface area contributed by atoms with Gasteiger partial charge in [-0.1, -0.05) is 12.1 Å². The van der Waals surface area contributed by atoms with Crippen LogP contribution in [0.4, 0.5) is 11.4 Å². The number of benzene rings is 1. The lowest BCUT2D eigenvalue weighted by Crippen LogP contribution is -2.53. The van der Waals surface area contributed by atoms with Gasteiger partial charge >= 0.3 is 0 Å². The van der Waals surface area contributed by atoms with E-state index in [0.717, 1.165) is 24.5 Å². The predicted octanol–water partition coefficient (Wildman–Crippen LogP) is 3.09. The zero-order valence-electron chi connectivity index (χ0n) is 14.3. The molecule has 1 aliphatic carbocycles. The van der Waals surface area contributed by atoms with Crippen molar-refractivity contribution in [3.8, 4) is 0 Å². The molecule has 1 aliphatic heterocycles. The van der Waals surface area contributed by atoms with Gasteiger partial charge < -0.3 is 16.2 Å². The maximum absolute atomic E-state index is 9.34. The second-order valence-electron chi connectivity index (χ2n) is 7.62. The number of nitrogens with one attached hydrogen (secondary N) is 1. The first-order valence-corrected chi connectivity index (χ1v) is 9.08. The van der Waals surface area contributed by atoms with Crippen molar-refractivity contribution in [2.75, 3.05) is 30.7 Å². The highest BCUT2D eigenvalue weighted by molar-refractivity contribution is 5.65. The number of nitrogen functional groups attached to an aromatic ring is 1. The van der Waals surface area contributed by atoms with Crippen LogP contribution < -0.4 is 11.1 Å². The Morgan fingerprint density at radius 1 is 1.17 bits per heavy atom. The fraction of sp³-hybridized carbons (Fsp3) is 0.684. The molecule has 4 N–H and O–H groups in total. The summed E-state index contributed by atoms with van der Waals surface area (Å²) in [4.78, 5) is 2.69. The summed E-state index contributed by atoms with van der Waals surface area (Å²) in [7, 11) is 0. The monoisotopic (exact) mass is 317 g/mol. The van der Waals surface area contributed by atoms with Crippen molar-refractivity contribution in [3.05, 3.63) is 24.3 Å². The Balaban J connectivity index is 1.51. The predicted molar refractivity (Wildman–Crippen MR) is 96.5 cm³/mol. The highest BCUT2D eigenvalue weighted by Crippen LogP contribution is 2.37. The van der Waals surface area contributed by atoms with Crippen molar-refractivity contribution in [2.45, 2.75) is 57.0 Å². The minimum atomic E-state index is 0.336. The number of rotatable bonds is 4. The van der Waals surface area contributed by atoms with E-state index in [1.54, 1.807) is 0 Å². The maximum Gasteiger partial charge on any atom is 0.0576 e. The number of likely N-dealkylation sites (tertiary alicyclic amines) is 1. The molecule has 23 heavy (non-hydrogen) atoms. The van der Waals surface area contributed by atoms with E-state index in [9.17, 15) is 5.11 Å². The zero-order chi connectivity index (χ0) is 16.3. The van der Waals surface area contributed by atoms with Crippen LogP contribution in [0.5, 0.6) is 0 Å². The van der Waals surface area contributed by atoms with E-state index in [2.05, 4.69) is 23.2 Å². The van der Waals surface area contributed by atoms with E-state index in [0.29, 0.717) is 24.1 Å². The Morgan fingerprint density at radius 2 is 1.83 bits per heavy atom. The summed E-state index contributed by atoms with van der Waals surface area (Å²) in [5.74, 6) is 0.531. The Kier molecular flexibility index (Phi) is 5.12. The van der Waals surface area contributed by atoms with E-state index in [-0.39, 0.29) is 0 Å². The molecule has 4 heteroatoms. The summed E-state index contributed by atoms with van der Waals surface area (Å²) in [5, 5.41) is 13.0. The smallest absolute Gasteiger partial charge is 0.0576 e. The van der Waals surface area contributed by atoms with Crippen LogP contribution in [0.1, 0.15) is 45.4 Å². The van der Waals surface area contributed by atoms with Gasteiger partial charge in [0, 0.05) is 31.3 Å². The molecule has 0 aromatic heterocycles. The lowest BCUT2D eigenvalue weighted by molar-refractivity contribution is 0.0239. The molecule has 1 saturated heterocycles. The second-order valence-corrected chi connectivity index (χ2v) is 7.62. The fourth-order valence-corrected chi connectivity index (χ4v) is 4.21. The lowest BCUT2D eigenvalue weighted by Gasteiger charge is -2.48. The number of hydrogen-bond acceptors (Lipinski definition) is 4. The first-order chi connectivity index (χ1) is 11.1. The number of aliphatic hydroxyl groups is 1. The summed E-state index contributed by atoms with van der Waals surface area (Å²) in [6.45, 7) is 5.10. The van der Waals surface area contributed by atoms with Gasteiger partial charge in [0.1, 0.15) is 0 Å². The van der Waals surface area contributed by atoms with Gasteiger partial charge in [0.2, 0.25) is 0 Å². The standard InChI is InChI=1S/C19H31N3O/c1-19(10-6-15(14-23)7-11-19)22-12-8-16(9-13-22)21-18-5-3-2-4-17(18)20/h2-5,15-16,21,23H,6-14,20H2,1H3. The Morgan fingerprint density at radius 3 is 2.43 bits per heavy atom. The molecule has 1 heterocycles. The number of nitrogens with zero attached hydrogens (tertiary/aromatic N) is 1. The minimum absolute atomic E-state index is 0.336. The first kappa shape index (κ1) is 16.6. The van der Waals surface area contributed by atoms with Crippen LogP contribution in [-0.4, -0.2) is 41.3 Å². The third kappa shape index (κ3) is 3.81. The molecule has 3 rings (SSSR count). The van der Waals surface area contributed by atoms with E-state index in [4.69, 9.17) is 5.73 Å². The number of aliphatic hydroxyl groups excluding tert-OH is 1. The number of piperidine rings is 1. The molecule has 0 atom stereocenters. The summed E-state index contributed by atoms with van der Waals surface area (Å²) in [5.41, 5.74) is 8.28. The van der Waals surface area contributed by atoms with Gasteiger partial charge in [0.25, 0.3) is 0 Å². The molecule has 0 unspecified atom stereocenters. The normalized spacial score (nSPS) is 30.3. The molecular formula is C19H31N3O. The summed E-state index contributed by atoms with van der Waals surface area (Å²) in [6, 6.07) is 8.56. The maximum atomic E-state index is 9.34. The highest BCUT2D eigenvalue weighted by Gasteiger charge is 2.37. The van der Waals surface area contributed by atoms with Crippen LogP contribution in [0.25, 0.3) is 0 Å². The molecule has 0 bridgehead atoms. The van der Waals surface area contributed by atoms with Crippen molar-refractivity contribution < 1.29 is 5.11 Å². The molecule has 0 amide bonds. The number of hydrogen-bond donors (Lipinski definition) is 3. The molecule has 0 radical (unpaired) electrons. The third-order valence-corrected chi connectivity index (χ3v) is 6.02. The van der Waals surface area contributed by atoms with Crippen LogP contribution in [0, 0.1) is 5.92 Å². The number of nitrogens with two attached hydrogens (primary N) is 1. The number of para-hydroxylation sites is 2. The van der Waals surface area contributed by atoms with E-state index >= 15 is 0 Å². The average Bonchev–Trinajstić information content (AvgIpc) is 2.58. The molecular weight excluding hydrogens is 286 g/mol. The van der Waals surface area contributed by atoms with Gasteiger partial charge in [-0.2, -0.15) is 0 Å². The van der Waals surface area contributed by atoms with Gasteiger partial charge in [-0.15, -0.1) is 0 Å². The van der Waals surface area contributed by atoms with Gasteiger partial charge in [-0.05, 0) is 63.5 Å². The second kappa shape index (κ2) is 7.10. The summed E-state index contributed by atoms with van der Waals surface area (Å²) in [6.07, 6.45) is 7.14. The molecule has 1 aromatic carbocycles. The average molecular weight is 317 g/mol. The summed E-state index contributed by atoms with van der Waals surface area (Å²) < 4.78 is 0. The van der Waals surface area contributed by atoms with Crippen LogP contribution >= 0.6 is 0 Å². The lowest BCUT2D eigenvalue weighted by atomic mass is 9.76. The van der Waals surface area contributed by atoms with E-state index < -0.39 is 0 Å². The van der Waals surface area contributed by atoms with Crippen molar-refractivity contribution in [3.63, 3.8) is 0 Å². The molecule has 128 valence electrons. The van der Waals surface area contributed by atoms with Crippen LogP contribution in [0.2, 0.25) is 0 Å². The molecule has 1 saturated carbocycles. The highest BCUT2D eigenvalue weighted by atomic mass is 16.3. The Labute approximate surface area is 140 Å². The van der Waals surface area contributed by atoms with Crippen molar-refractivity contribution in [2.24, 2.45) is 5.92 Å². The molecule has 0 spiro atoms. The molecule has 1 aromatic rings. The Bertz CT molecular complexity index is 503. The van der Waals surface area contributed by atoms with Crippen LogP contribution in [0.3, 0.4) is 0 Å². The van der Waals surface area contributed by atoms with Gasteiger partial charge in [-0.3, -0.25) is 4.90 Å². The zero-order valence-corrected chi connectivity index (χ0v) is 14.3. The molecule has 2 aliphatic rings. The van der Waals surface area contributed by atoms with Crippen LogP contribution in [-0.2, 0) is 0 Å². The summed E-state index contributed by atoms with van der Waals surface area (Å²) >= 11 is 0. The van der Waals surface area contributed by atoms with Crippen LogP contribution in [0.15, 0.2) is 24.3 Å². The molecule has 4 nitrogen and oxygen atoms in total. The van der Waals surface area contributed by atoms with Crippen molar-refractivity contribution in [1.29, 1.82) is 0 Å². The van der Waals surface area contributed by atoms with E-state index in [1.165, 1.54) is 38.5 Å².